The topological polar surface area (TPSA) is 744 Å². The molecule has 0 amide bonds. The summed E-state index contributed by atoms with van der Waals surface area (Å²) in [5.41, 5.74) is 0. The second kappa shape index (κ2) is 35.5. The molecular weight excluding hydrogens is 1380 g/mol. The first kappa shape index (κ1) is 82.2. The van der Waals surface area contributed by atoms with Gasteiger partial charge in [-0.3, -0.25) is 0 Å². The minimum Gasteiger partial charge on any atom is -0.394 e. The maximum Gasteiger partial charge on any atom is 0.187 e. The molecule has 0 bridgehead atoms. The molecule has 45 atom stereocenters. The average molecular weight is 1480 g/mol. The van der Waals surface area contributed by atoms with Crippen LogP contribution < -0.4 is 0 Å². The van der Waals surface area contributed by atoms with Crippen LogP contribution in [0.5, 0.6) is 0 Å². The van der Waals surface area contributed by atoms with Gasteiger partial charge in [-0.1, -0.05) is 0 Å². The van der Waals surface area contributed by atoms with Crippen LogP contribution >= 0.6 is 0 Å². The lowest BCUT2D eigenvalue weighted by molar-refractivity contribution is -0.400. The van der Waals surface area contributed by atoms with Gasteiger partial charge in [-0.2, -0.15) is 0 Å². The standard InChI is InChI=1S/C54H92O46/c55-1-10-19(64)20(65)30(75)47(85-10)94-39-12(3-57)87-49(32(77)22(39)67)96-41-14(5-59)89-51(34(79)24(41)69)98-43-16(7-61)91-53(36(81)26(43)71)100-45-18(9-63)92-54(37(82)28(45)73)99-44-17(8-62)90-52(35(80)27(44)72)97-42-15(6-60)88-50(33(78)25(42)70)95-40-13(4-58)86-48(31(76)23(40)68)93-38-11(2-56)84-46(83)29(74)21(38)66/h10-83H,1-9H2/t10-,11-,12-,13-,14-,15-,16-,17-,18-,19-,20+,21-,22-,23-,24-,25-,26-,27-,28-,29-,30-,31-,32-,33-,34-,35-,36-,37-,38-,39-,40-,41-,42-,43-,44-,45-,46-,47-,48-,49-,50-,51-,52-,53-,54-/m1/s1. The number of hydrogen-bond acceptors (Lipinski definition) is 46. The first-order valence-electron chi connectivity index (χ1n) is 31.7. The Labute approximate surface area is 563 Å². The number of ether oxygens (including phenoxy) is 17. The molecule has 29 N–H and O–H groups in total. The molecule has 46 nitrogen and oxygen atoms in total. The maximum atomic E-state index is 11.5. The van der Waals surface area contributed by atoms with Gasteiger partial charge in [-0.05, 0) is 0 Å². The second-order valence-electron chi connectivity index (χ2n) is 25.2. The summed E-state index contributed by atoms with van der Waals surface area (Å²) in [6.45, 7) is -9.29. The normalized spacial score (nSPS) is 53.7. The summed E-state index contributed by atoms with van der Waals surface area (Å²) in [6.07, 6.45) is -89.5. The monoisotopic (exact) mass is 1480 g/mol. The van der Waals surface area contributed by atoms with Crippen molar-refractivity contribution in [3.63, 3.8) is 0 Å². The van der Waals surface area contributed by atoms with E-state index in [9.17, 15) is 148 Å². The highest BCUT2D eigenvalue weighted by Crippen LogP contribution is 2.40. The van der Waals surface area contributed by atoms with E-state index in [0.29, 0.717) is 0 Å². The van der Waals surface area contributed by atoms with Crippen LogP contribution in [-0.2, 0) is 80.5 Å². The van der Waals surface area contributed by atoms with E-state index < -0.39 is 336 Å². The van der Waals surface area contributed by atoms with Crippen LogP contribution in [0.4, 0.5) is 0 Å². The van der Waals surface area contributed by atoms with Crippen LogP contribution in [0.2, 0.25) is 0 Å². The Morgan fingerprint density at radius 3 is 0.460 bits per heavy atom. The van der Waals surface area contributed by atoms with Crippen molar-refractivity contribution in [1.29, 1.82) is 0 Å². The fraction of sp³-hybridized carbons (Fsp3) is 1.00. The minimum absolute atomic E-state index is 0.862. The molecule has 0 aliphatic carbocycles. The summed E-state index contributed by atoms with van der Waals surface area (Å²) in [5, 5.41) is 311. The van der Waals surface area contributed by atoms with Gasteiger partial charge in [-0.15, -0.1) is 0 Å². The van der Waals surface area contributed by atoms with E-state index in [2.05, 4.69) is 0 Å². The third-order valence-corrected chi connectivity index (χ3v) is 18.8. The van der Waals surface area contributed by atoms with E-state index in [1.54, 1.807) is 0 Å². The molecule has 0 unspecified atom stereocenters. The SMILES string of the molecule is OC[C@H]1O[C@H](O[C@H]2[C@H](O)[C@@H](O)[C@@H](O[C@H]3[C@H](O)[C@@H](O)[C@@H](O[C@H]4[C@H](O)[C@@H](O)[C@@H](O[C@H]5[C@H](O)[C@@H](O)[C@@H](O[C@H]6[C@H](O)[C@@H](O)[C@@H](O[C@H]7[C@H](O)[C@@H](O)[C@@H](O[C@H]8[C@H](O)[C@@H](O)[C@@H](O[C@H]9[C@H](O)[C@@H](O)[C@H](O)O[C@@H]9CO)O[C@@H]8CO)O[C@@H]7CO)O[C@@H]6CO)O[C@@H]5CO)O[C@@H]4CO)O[C@@H]3CO)O[C@@H]2CO)[C@H](O)[C@@H](O)[C@@H]1O. The third-order valence-electron chi connectivity index (χ3n) is 18.8. The van der Waals surface area contributed by atoms with Gasteiger partial charge in [0, 0.05) is 0 Å². The van der Waals surface area contributed by atoms with Crippen molar-refractivity contribution in [1.82, 2.24) is 0 Å². The molecule has 0 aromatic rings. The van der Waals surface area contributed by atoms with E-state index in [1.807, 2.05) is 0 Å². The zero-order chi connectivity index (χ0) is 73.4. The van der Waals surface area contributed by atoms with Crippen LogP contribution in [0.3, 0.4) is 0 Å². The lowest BCUT2D eigenvalue weighted by atomic mass is 9.95. The Kier molecular flexibility index (Phi) is 29.2. The average Bonchev–Trinajstić information content (AvgIpc) is 0.779. The number of aliphatic hydroxyl groups excluding tert-OH is 29. The van der Waals surface area contributed by atoms with Gasteiger partial charge in [0.15, 0.2) is 56.6 Å². The fourth-order valence-electron chi connectivity index (χ4n) is 13.0. The molecule has 0 spiro atoms. The molecule has 9 heterocycles. The van der Waals surface area contributed by atoms with Gasteiger partial charge < -0.3 is 229 Å². The molecule has 0 aromatic heterocycles. The van der Waals surface area contributed by atoms with Crippen molar-refractivity contribution in [2.45, 2.75) is 276 Å². The zero-order valence-electron chi connectivity index (χ0n) is 52.3. The van der Waals surface area contributed by atoms with Crippen LogP contribution in [0, 0.1) is 0 Å². The van der Waals surface area contributed by atoms with Crippen LogP contribution in [-0.4, -0.2) is 484 Å². The lowest BCUT2D eigenvalue weighted by Crippen LogP contribution is -2.68. The van der Waals surface area contributed by atoms with Crippen molar-refractivity contribution >= 4 is 0 Å². The van der Waals surface area contributed by atoms with Crippen molar-refractivity contribution in [2.75, 3.05) is 59.5 Å². The molecule has 0 radical (unpaired) electrons. The molecule has 9 fully saturated rings. The molecule has 0 saturated carbocycles. The van der Waals surface area contributed by atoms with Gasteiger partial charge in [0.2, 0.25) is 0 Å². The van der Waals surface area contributed by atoms with Crippen molar-refractivity contribution in [2.24, 2.45) is 0 Å². The van der Waals surface area contributed by atoms with E-state index in [-0.39, 0.29) is 0 Å². The molecule has 9 saturated heterocycles. The van der Waals surface area contributed by atoms with Crippen LogP contribution in [0.25, 0.3) is 0 Å². The summed E-state index contributed by atoms with van der Waals surface area (Å²) in [6, 6.07) is 0. The van der Waals surface area contributed by atoms with Crippen molar-refractivity contribution in [3.05, 3.63) is 0 Å². The van der Waals surface area contributed by atoms with Crippen molar-refractivity contribution in [3.8, 4) is 0 Å². The summed E-state index contributed by atoms with van der Waals surface area (Å²) in [4.78, 5) is 0. The minimum atomic E-state index is -2.30. The Hall–Kier alpha value is -1.84. The van der Waals surface area contributed by atoms with E-state index in [0.717, 1.165) is 0 Å². The highest BCUT2D eigenvalue weighted by atomic mass is 16.8. The predicted molar refractivity (Wildman–Crippen MR) is 297 cm³/mol. The largest absolute Gasteiger partial charge is 0.394 e. The number of aliphatic hydroxyl groups is 29. The Morgan fingerprint density at radius 1 is 0.150 bits per heavy atom. The Balaban J connectivity index is 0.771. The maximum absolute atomic E-state index is 11.5. The van der Waals surface area contributed by atoms with E-state index in [1.165, 1.54) is 0 Å². The van der Waals surface area contributed by atoms with Crippen LogP contribution in [0.15, 0.2) is 0 Å². The summed E-state index contributed by atoms with van der Waals surface area (Å²) in [7, 11) is 0. The van der Waals surface area contributed by atoms with Gasteiger partial charge in [0.1, 0.15) is 220 Å². The second-order valence-corrected chi connectivity index (χ2v) is 25.2. The highest BCUT2D eigenvalue weighted by molar-refractivity contribution is 5.02. The summed E-state index contributed by atoms with van der Waals surface area (Å²) >= 11 is 0. The summed E-state index contributed by atoms with van der Waals surface area (Å²) in [5.74, 6) is 0. The van der Waals surface area contributed by atoms with Gasteiger partial charge in [0.25, 0.3) is 0 Å². The number of rotatable bonds is 25. The molecule has 46 heteroatoms. The van der Waals surface area contributed by atoms with Gasteiger partial charge in [0.05, 0.1) is 59.5 Å². The van der Waals surface area contributed by atoms with Crippen molar-refractivity contribution < 1.29 is 229 Å². The summed E-state index contributed by atoms with van der Waals surface area (Å²) < 4.78 is 94.9. The Bertz CT molecular complexity index is 2440. The fourth-order valence-corrected chi connectivity index (χ4v) is 13.0. The first-order valence-corrected chi connectivity index (χ1v) is 31.7. The van der Waals surface area contributed by atoms with E-state index in [4.69, 9.17) is 80.5 Å². The molecule has 100 heavy (non-hydrogen) atoms. The van der Waals surface area contributed by atoms with Crippen LogP contribution in [0.1, 0.15) is 0 Å². The molecule has 584 valence electrons. The van der Waals surface area contributed by atoms with Gasteiger partial charge in [-0.25, -0.2) is 0 Å². The third kappa shape index (κ3) is 16.7. The lowest BCUT2D eigenvalue weighted by Gasteiger charge is -2.50. The van der Waals surface area contributed by atoms with Gasteiger partial charge >= 0.3 is 0 Å². The Morgan fingerprint density at radius 2 is 0.290 bits per heavy atom. The smallest absolute Gasteiger partial charge is 0.187 e. The van der Waals surface area contributed by atoms with E-state index >= 15 is 0 Å². The molecule has 9 aliphatic heterocycles. The highest BCUT2D eigenvalue weighted by Gasteiger charge is 2.60. The first-order chi connectivity index (χ1) is 47.5. The molecule has 9 aliphatic rings. The zero-order valence-corrected chi connectivity index (χ0v) is 52.3. The quantitative estimate of drug-likeness (QED) is 0.0404. The number of hydrogen-bond donors (Lipinski definition) is 29. The molecule has 0 aromatic carbocycles. The molecule has 9 rings (SSSR count). The predicted octanol–water partition coefficient (Wildman–Crippen LogP) is -20.6. The molecular formula is C54H92O46.